The van der Waals surface area contributed by atoms with E-state index in [0.717, 1.165) is 13.0 Å². The van der Waals surface area contributed by atoms with E-state index >= 15 is 0 Å². The Morgan fingerprint density at radius 3 is 1.37 bits per heavy atom. The summed E-state index contributed by atoms with van der Waals surface area (Å²) in [6, 6.07) is 0. The lowest BCUT2D eigenvalue weighted by molar-refractivity contribution is -0.142. The van der Waals surface area contributed by atoms with Crippen LogP contribution in [0, 0.1) is 0 Å². The Bertz CT molecular complexity index is 296. The summed E-state index contributed by atoms with van der Waals surface area (Å²) in [6.07, 6.45) is 19.1. The molecule has 162 valence electrons. The molecule has 0 heterocycles. The zero-order valence-electron chi connectivity index (χ0n) is 17.7. The SMILES string of the molecule is CCCCCCCCCCCCCCCCOCCOCCOCC(=O)O. The normalized spacial score (nSPS) is 11.1. The number of carbonyl (C=O) groups is 1. The molecule has 0 unspecified atom stereocenters. The molecule has 1 N–H and O–H groups in total. The summed E-state index contributed by atoms with van der Waals surface area (Å²) >= 11 is 0. The molecule has 0 aromatic rings. The van der Waals surface area contributed by atoms with Gasteiger partial charge in [0.2, 0.25) is 0 Å². The first kappa shape index (κ1) is 26.4. The number of carboxylic acid groups (broad SMARTS) is 1. The fourth-order valence-electron chi connectivity index (χ4n) is 3.00. The van der Waals surface area contributed by atoms with E-state index in [0.29, 0.717) is 26.4 Å². The molecular weight excluding hydrogens is 344 g/mol. The van der Waals surface area contributed by atoms with Crippen molar-refractivity contribution in [1.82, 2.24) is 0 Å². The molecule has 0 rings (SSSR count). The van der Waals surface area contributed by atoms with E-state index in [-0.39, 0.29) is 6.61 Å². The van der Waals surface area contributed by atoms with Crippen molar-refractivity contribution in [2.75, 3.05) is 39.6 Å². The molecule has 0 aliphatic rings. The summed E-state index contributed by atoms with van der Waals surface area (Å²) in [5.74, 6) is -0.952. The molecule has 0 aliphatic heterocycles. The topological polar surface area (TPSA) is 65.0 Å². The summed E-state index contributed by atoms with van der Waals surface area (Å²) in [6.45, 7) is 4.67. The van der Waals surface area contributed by atoms with E-state index in [1.54, 1.807) is 0 Å². The van der Waals surface area contributed by atoms with Crippen LogP contribution in [0.1, 0.15) is 96.8 Å². The lowest BCUT2D eigenvalue weighted by Gasteiger charge is -2.06. The summed E-state index contributed by atoms with van der Waals surface area (Å²) in [4.78, 5) is 10.2. The number of rotatable bonds is 23. The monoisotopic (exact) mass is 388 g/mol. The van der Waals surface area contributed by atoms with Crippen molar-refractivity contribution in [3.63, 3.8) is 0 Å². The second kappa shape index (κ2) is 23.4. The molecule has 0 spiro atoms. The minimum absolute atomic E-state index is 0.265. The van der Waals surface area contributed by atoms with Crippen molar-refractivity contribution in [3.8, 4) is 0 Å². The van der Waals surface area contributed by atoms with Gasteiger partial charge in [-0.25, -0.2) is 4.79 Å². The zero-order valence-corrected chi connectivity index (χ0v) is 17.7. The Labute approximate surface area is 167 Å². The van der Waals surface area contributed by atoms with Gasteiger partial charge in [0.15, 0.2) is 0 Å². The van der Waals surface area contributed by atoms with Gasteiger partial charge < -0.3 is 19.3 Å². The maximum atomic E-state index is 10.2. The fraction of sp³-hybridized carbons (Fsp3) is 0.955. The Morgan fingerprint density at radius 2 is 0.926 bits per heavy atom. The quantitative estimate of drug-likeness (QED) is 0.231. The van der Waals surface area contributed by atoms with Gasteiger partial charge in [-0.3, -0.25) is 0 Å². The van der Waals surface area contributed by atoms with Crippen LogP contribution in [-0.2, 0) is 19.0 Å². The standard InChI is InChI=1S/C22H44O5/c1-2-3-4-5-6-7-8-9-10-11-12-13-14-15-16-25-17-18-26-19-20-27-21-22(23)24/h2-21H2,1H3,(H,23,24). The number of aliphatic carboxylic acids is 1. The molecule has 0 saturated carbocycles. The molecule has 0 fully saturated rings. The van der Waals surface area contributed by atoms with E-state index in [2.05, 4.69) is 6.92 Å². The smallest absolute Gasteiger partial charge is 0.329 e. The number of carboxylic acids is 1. The largest absolute Gasteiger partial charge is 0.480 e. The molecule has 5 heteroatoms. The van der Waals surface area contributed by atoms with Gasteiger partial charge in [-0.05, 0) is 6.42 Å². The van der Waals surface area contributed by atoms with Gasteiger partial charge in [0, 0.05) is 6.61 Å². The summed E-state index contributed by atoms with van der Waals surface area (Å²) in [5, 5.41) is 8.39. The van der Waals surface area contributed by atoms with E-state index in [9.17, 15) is 4.79 Å². The summed E-state index contributed by atoms with van der Waals surface area (Å²) in [7, 11) is 0. The van der Waals surface area contributed by atoms with E-state index < -0.39 is 5.97 Å². The van der Waals surface area contributed by atoms with Crippen molar-refractivity contribution in [1.29, 1.82) is 0 Å². The Morgan fingerprint density at radius 1 is 0.556 bits per heavy atom. The van der Waals surface area contributed by atoms with E-state index in [1.165, 1.54) is 83.5 Å². The number of ether oxygens (including phenoxy) is 3. The Hall–Kier alpha value is -0.650. The van der Waals surface area contributed by atoms with Crippen LogP contribution >= 0.6 is 0 Å². The average molecular weight is 389 g/mol. The van der Waals surface area contributed by atoms with Crippen molar-refractivity contribution in [2.24, 2.45) is 0 Å². The minimum Gasteiger partial charge on any atom is -0.480 e. The predicted octanol–water partition coefficient (Wildman–Crippen LogP) is 5.60. The maximum Gasteiger partial charge on any atom is 0.329 e. The lowest BCUT2D eigenvalue weighted by Crippen LogP contribution is -2.13. The third-order valence-electron chi connectivity index (χ3n) is 4.61. The molecule has 0 aromatic carbocycles. The number of unbranched alkanes of at least 4 members (excludes halogenated alkanes) is 13. The third kappa shape index (κ3) is 25.3. The third-order valence-corrected chi connectivity index (χ3v) is 4.61. The van der Waals surface area contributed by atoms with Crippen LogP contribution in [-0.4, -0.2) is 50.7 Å². The second-order valence-electron chi connectivity index (χ2n) is 7.27. The van der Waals surface area contributed by atoms with Gasteiger partial charge in [0.05, 0.1) is 26.4 Å². The van der Waals surface area contributed by atoms with Crippen molar-refractivity contribution in [3.05, 3.63) is 0 Å². The first-order valence-corrected chi connectivity index (χ1v) is 11.2. The Balaban J connectivity index is 2.98. The molecule has 0 radical (unpaired) electrons. The Kier molecular flexibility index (Phi) is 22.8. The molecule has 0 aliphatic carbocycles. The van der Waals surface area contributed by atoms with Gasteiger partial charge >= 0.3 is 5.97 Å². The van der Waals surface area contributed by atoms with E-state index in [4.69, 9.17) is 19.3 Å². The molecule has 0 amide bonds. The van der Waals surface area contributed by atoms with Crippen LogP contribution in [0.2, 0.25) is 0 Å². The van der Waals surface area contributed by atoms with Crippen molar-refractivity contribution >= 4 is 5.97 Å². The van der Waals surface area contributed by atoms with Gasteiger partial charge in [-0.15, -0.1) is 0 Å². The molecule has 0 saturated heterocycles. The zero-order chi connectivity index (χ0) is 19.8. The first-order chi connectivity index (χ1) is 13.3. The molecule has 0 bridgehead atoms. The van der Waals surface area contributed by atoms with Gasteiger partial charge in [0.1, 0.15) is 6.61 Å². The highest BCUT2D eigenvalue weighted by molar-refractivity contribution is 5.67. The number of hydrogen-bond donors (Lipinski definition) is 1. The van der Waals surface area contributed by atoms with Crippen LogP contribution in [0.5, 0.6) is 0 Å². The van der Waals surface area contributed by atoms with Crippen molar-refractivity contribution in [2.45, 2.75) is 96.8 Å². The van der Waals surface area contributed by atoms with Crippen LogP contribution in [0.15, 0.2) is 0 Å². The molecule has 0 aromatic heterocycles. The average Bonchev–Trinajstić information content (AvgIpc) is 2.65. The van der Waals surface area contributed by atoms with Gasteiger partial charge in [-0.1, -0.05) is 90.4 Å². The van der Waals surface area contributed by atoms with Gasteiger partial charge in [-0.2, -0.15) is 0 Å². The first-order valence-electron chi connectivity index (χ1n) is 11.2. The highest BCUT2D eigenvalue weighted by Crippen LogP contribution is 2.12. The number of hydrogen-bond acceptors (Lipinski definition) is 4. The molecule has 0 atom stereocenters. The fourth-order valence-corrected chi connectivity index (χ4v) is 3.00. The van der Waals surface area contributed by atoms with Crippen LogP contribution in [0.3, 0.4) is 0 Å². The summed E-state index contributed by atoms with van der Waals surface area (Å²) < 4.78 is 15.7. The highest BCUT2D eigenvalue weighted by atomic mass is 16.5. The predicted molar refractivity (Wildman–Crippen MR) is 110 cm³/mol. The molecule has 27 heavy (non-hydrogen) atoms. The summed E-state index contributed by atoms with van der Waals surface area (Å²) in [5.41, 5.74) is 0. The molecular formula is C22H44O5. The van der Waals surface area contributed by atoms with E-state index in [1.807, 2.05) is 0 Å². The second-order valence-corrected chi connectivity index (χ2v) is 7.27. The van der Waals surface area contributed by atoms with Crippen LogP contribution in [0.4, 0.5) is 0 Å². The molecule has 5 nitrogen and oxygen atoms in total. The lowest BCUT2D eigenvalue weighted by atomic mass is 10.0. The van der Waals surface area contributed by atoms with Crippen LogP contribution < -0.4 is 0 Å². The highest BCUT2D eigenvalue weighted by Gasteiger charge is 1.97. The maximum absolute atomic E-state index is 10.2. The van der Waals surface area contributed by atoms with Gasteiger partial charge in [0.25, 0.3) is 0 Å². The van der Waals surface area contributed by atoms with Crippen LogP contribution in [0.25, 0.3) is 0 Å². The minimum atomic E-state index is -0.952. The van der Waals surface area contributed by atoms with Crippen molar-refractivity contribution < 1.29 is 24.1 Å².